The van der Waals surface area contributed by atoms with Crippen molar-refractivity contribution >= 4 is 29.4 Å². The second-order valence-corrected chi connectivity index (χ2v) is 9.41. The molecule has 0 spiro atoms. The van der Waals surface area contributed by atoms with E-state index in [1.165, 1.54) is 0 Å². The molecule has 0 aliphatic carbocycles. The number of carbonyl (C=O) groups excluding carboxylic acids is 4. The van der Waals surface area contributed by atoms with Crippen LogP contribution in [-0.4, -0.2) is 90.5 Å². The molecule has 12 nitrogen and oxygen atoms in total. The van der Waals surface area contributed by atoms with Gasteiger partial charge in [-0.25, -0.2) is 4.79 Å². The maximum atomic E-state index is 12.9. The number of piperazine rings is 1. The van der Waals surface area contributed by atoms with Crippen LogP contribution < -0.4 is 27.4 Å². The predicted octanol–water partition coefficient (Wildman–Crippen LogP) is -0.651. The van der Waals surface area contributed by atoms with Crippen LogP contribution in [0.2, 0.25) is 0 Å². The topological polar surface area (TPSA) is 183 Å². The number of hydrogen-bond acceptors (Lipinski definition) is 7. The molecule has 5 amide bonds. The summed E-state index contributed by atoms with van der Waals surface area (Å²) in [6.45, 7) is 6.48. The second-order valence-electron chi connectivity index (χ2n) is 9.41. The lowest BCUT2D eigenvalue weighted by molar-refractivity contribution is -0.142. The lowest BCUT2D eigenvalue weighted by Gasteiger charge is -2.33. The lowest BCUT2D eigenvalue weighted by Crippen LogP contribution is -2.51. The van der Waals surface area contributed by atoms with Gasteiger partial charge < -0.3 is 42.3 Å². The highest BCUT2D eigenvalue weighted by atomic mass is 16.3. The Morgan fingerprint density at radius 1 is 1.03 bits per heavy atom. The summed E-state index contributed by atoms with van der Waals surface area (Å²) in [7, 11) is 1.98. The number of rotatable bonds is 11. The largest absolute Gasteiger partial charge is 0.378 e. The van der Waals surface area contributed by atoms with Gasteiger partial charge in [0.15, 0.2) is 6.10 Å². The lowest BCUT2D eigenvalue weighted by atomic mass is 10.0. The van der Waals surface area contributed by atoms with Crippen LogP contribution in [0.25, 0.3) is 0 Å². The Labute approximate surface area is 211 Å². The summed E-state index contributed by atoms with van der Waals surface area (Å²) in [6, 6.07) is 3.99. The number of aliphatic hydroxyl groups is 1. The number of anilines is 1. The van der Waals surface area contributed by atoms with E-state index in [0.717, 1.165) is 13.1 Å². The van der Waals surface area contributed by atoms with Crippen LogP contribution in [0.5, 0.6) is 0 Å². The molecular formula is C24H39N7O5. The molecule has 200 valence electrons. The number of urea groups is 1. The number of primary amides is 1. The smallest absolute Gasteiger partial charge is 0.312 e. The van der Waals surface area contributed by atoms with Crippen LogP contribution in [0.4, 0.5) is 10.5 Å². The van der Waals surface area contributed by atoms with Gasteiger partial charge in [-0.1, -0.05) is 26.0 Å². The Balaban J connectivity index is 2.01. The van der Waals surface area contributed by atoms with Gasteiger partial charge in [0.25, 0.3) is 5.91 Å². The molecule has 2 unspecified atom stereocenters. The highest BCUT2D eigenvalue weighted by Gasteiger charge is 2.27. The number of likely N-dealkylation sites (N-methyl/N-ethyl adjacent to an activating group) is 1. The van der Waals surface area contributed by atoms with Crippen molar-refractivity contribution < 1.29 is 24.3 Å². The summed E-state index contributed by atoms with van der Waals surface area (Å²) in [5.74, 6) is -1.37. The van der Waals surface area contributed by atoms with E-state index in [2.05, 4.69) is 20.9 Å². The Kier molecular flexibility index (Phi) is 11.1. The summed E-state index contributed by atoms with van der Waals surface area (Å²) in [5, 5.41) is 18.4. The molecule has 3 atom stereocenters. The molecule has 8 N–H and O–H groups in total. The van der Waals surface area contributed by atoms with Crippen molar-refractivity contribution in [3.05, 3.63) is 29.8 Å². The molecule has 0 bridgehead atoms. The molecule has 1 saturated heterocycles. The molecule has 1 heterocycles. The van der Waals surface area contributed by atoms with E-state index in [4.69, 9.17) is 11.5 Å². The molecule has 2 rings (SSSR count). The first-order chi connectivity index (χ1) is 17.0. The van der Waals surface area contributed by atoms with Crippen LogP contribution in [0.1, 0.15) is 38.4 Å². The maximum Gasteiger partial charge on any atom is 0.312 e. The number of amides is 5. The van der Waals surface area contributed by atoms with Crippen LogP contribution >= 0.6 is 0 Å². The number of carbonyl (C=O) groups is 4. The standard InChI is InChI=1S/C24H39N7O5/c1-15(2)19(25)22(34)29-18(5-4-10-27-24(26)36)21(33)28-17-8-6-16(7-9-17)20(32)23(35)31-13-11-30(3)12-14-31/h6-9,15,18-20,32H,4-5,10-14,25H2,1-3H3,(H,28,33)(H,29,34)(H3,26,27,36)/t18?,19-,20?/m0/s1. The van der Waals surface area contributed by atoms with Gasteiger partial charge in [0.05, 0.1) is 6.04 Å². The third kappa shape index (κ3) is 8.77. The molecule has 1 aliphatic heterocycles. The zero-order valence-electron chi connectivity index (χ0n) is 21.2. The Morgan fingerprint density at radius 3 is 2.19 bits per heavy atom. The SMILES string of the molecule is CC(C)[C@H](N)C(=O)NC(CCCNC(N)=O)C(=O)Nc1ccc(C(O)C(=O)N2CCN(C)CC2)cc1. The number of nitrogens with one attached hydrogen (secondary N) is 3. The first-order valence-corrected chi connectivity index (χ1v) is 12.1. The van der Waals surface area contributed by atoms with Gasteiger partial charge in [0.2, 0.25) is 11.8 Å². The minimum atomic E-state index is -1.29. The summed E-state index contributed by atoms with van der Waals surface area (Å²) in [4.78, 5) is 52.7. The Bertz CT molecular complexity index is 901. The van der Waals surface area contributed by atoms with Crippen molar-refractivity contribution in [2.45, 2.75) is 44.9 Å². The molecule has 1 aliphatic rings. The fourth-order valence-electron chi connectivity index (χ4n) is 3.68. The van der Waals surface area contributed by atoms with Crippen LogP contribution in [0.15, 0.2) is 24.3 Å². The predicted molar refractivity (Wildman–Crippen MR) is 136 cm³/mol. The van der Waals surface area contributed by atoms with Crippen molar-refractivity contribution in [3.8, 4) is 0 Å². The molecule has 1 aromatic rings. The molecule has 1 aromatic carbocycles. The van der Waals surface area contributed by atoms with Gasteiger partial charge in [-0.05, 0) is 43.5 Å². The summed E-state index contributed by atoms with van der Waals surface area (Å²) < 4.78 is 0. The van der Waals surface area contributed by atoms with E-state index >= 15 is 0 Å². The van der Waals surface area contributed by atoms with Crippen LogP contribution in [0.3, 0.4) is 0 Å². The first kappa shape index (κ1) is 29.0. The van der Waals surface area contributed by atoms with E-state index in [0.29, 0.717) is 30.8 Å². The van der Waals surface area contributed by atoms with Gasteiger partial charge in [0, 0.05) is 38.4 Å². The molecule has 36 heavy (non-hydrogen) atoms. The summed E-state index contributed by atoms with van der Waals surface area (Å²) >= 11 is 0. The third-order valence-corrected chi connectivity index (χ3v) is 6.17. The number of nitrogens with zero attached hydrogens (tertiary/aromatic N) is 2. The van der Waals surface area contributed by atoms with Crippen molar-refractivity contribution in [2.24, 2.45) is 17.4 Å². The second kappa shape index (κ2) is 13.8. The number of hydrogen-bond donors (Lipinski definition) is 6. The van der Waals surface area contributed by atoms with Crippen molar-refractivity contribution in [3.63, 3.8) is 0 Å². The van der Waals surface area contributed by atoms with Crippen molar-refractivity contribution in [2.75, 3.05) is 45.1 Å². The fraction of sp³-hybridized carbons (Fsp3) is 0.583. The van der Waals surface area contributed by atoms with Crippen molar-refractivity contribution in [1.29, 1.82) is 0 Å². The number of nitrogens with two attached hydrogens (primary N) is 2. The van der Waals surface area contributed by atoms with Gasteiger partial charge in [-0.15, -0.1) is 0 Å². The zero-order valence-corrected chi connectivity index (χ0v) is 21.2. The fourth-order valence-corrected chi connectivity index (χ4v) is 3.68. The van der Waals surface area contributed by atoms with Crippen LogP contribution in [0, 0.1) is 5.92 Å². The van der Waals surface area contributed by atoms with E-state index in [9.17, 15) is 24.3 Å². The normalized spacial score (nSPS) is 16.7. The molecule has 12 heteroatoms. The highest BCUT2D eigenvalue weighted by molar-refractivity contribution is 5.98. The Morgan fingerprint density at radius 2 is 1.64 bits per heavy atom. The number of benzene rings is 1. The van der Waals surface area contributed by atoms with E-state index < -0.39 is 36.0 Å². The molecule has 0 radical (unpaired) electrons. The maximum absolute atomic E-state index is 12.9. The molecule has 1 fully saturated rings. The minimum absolute atomic E-state index is 0.113. The van der Waals surface area contributed by atoms with E-state index in [1.807, 2.05) is 7.05 Å². The molecule has 0 aromatic heterocycles. The van der Waals surface area contributed by atoms with Gasteiger partial charge in [-0.2, -0.15) is 0 Å². The average molecular weight is 506 g/mol. The molecular weight excluding hydrogens is 466 g/mol. The van der Waals surface area contributed by atoms with E-state index in [-0.39, 0.29) is 24.8 Å². The number of aliphatic hydroxyl groups excluding tert-OH is 1. The average Bonchev–Trinajstić information content (AvgIpc) is 2.85. The quantitative estimate of drug-likeness (QED) is 0.216. The summed E-state index contributed by atoms with van der Waals surface area (Å²) in [5.41, 5.74) is 11.8. The summed E-state index contributed by atoms with van der Waals surface area (Å²) in [6.07, 6.45) is -0.642. The third-order valence-electron chi connectivity index (χ3n) is 6.17. The van der Waals surface area contributed by atoms with Crippen molar-refractivity contribution in [1.82, 2.24) is 20.4 Å². The first-order valence-electron chi connectivity index (χ1n) is 12.1. The van der Waals surface area contributed by atoms with Gasteiger partial charge >= 0.3 is 6.03 Å². The van der Waals surface area contributed by atoms with Gasteiger partial charge in [-0.3, -0.25) is 14.4 Å². The van der Waals surface area contributed by atoms with E-state index in [1.54, 1.807) is 43.0 Å². The Hall–Kier alpha value is -3.22. The van der Waals surface area contributed by atoms with Crippen LogP contribution in [-0.2, 0) is 14.4 Å². The zero-order chi connectivity index (χ0) is 26.8. The van der Waals surface area contributed by atoms with Gasteiger partial charge in [0.1, 0.15) is 6.04 Å². The molecule has 0 saturated carbocycles. The highest BCUT2D eigenvalue weighted by Crippen LogP contribution is 2.20. The monoisotopic (exact) mass is 505 g/mol. The minimum Gasteiger partial charge on any atom is -0.378 e.